The topological polar surface area (TPSA) is 18.5 Å². The van der Waals surface area contributed by atoms with Crippen molar-refractivity contribution in [3.63, 3.8) is 0 Å². The zero-order chi connectivity index (χ0) is 10.4. The predicted molar refractivity (Wildman–Crippen MR) is 57.8 cm³/mol. The summed E-state index contributed by atoms with van der Waals surface area (Å²) in [6, 6.07) is 8.09. The van der Waals surface area contributed by atoms with Gasteiger partial charge in [-0.05, 0) is 25.5 Å². The van der Waals surface area contributed by atoms with Crippen LogP contribution in [0.4, 0.5) is 0 Å². The van der Waals surface area contributed by atoms with Gasteiger partial charge in [0.15, 0.2) is 0 Å². The Morgan fingerprint density at radius 1 is 1.21 bits per heavy atom. The Hall–Kier alpha value is -1.02. The molecule has 14 heavy (non-hydrogen) atoms. The molecule has 0 amide bonds. The van der Waals surface area contributed by atoms with E-state index in [2.05, 4.69) is 26.0 Å². The van der Waals surface area contributed by atoms with E-state index in [1.807, 2.05) is 12.1 Å². The fraction of sp³-hybridized carbons (Fsp3) is 0.500. The summed E-state index contributed by atoms with van der Waals surface area (Å²) >= 11 is 0. The Balaban J connectivity index is 2.53. The molecule has 0 fully saturated rings. The third-order valence-corrected chi connectivity index (χ3v) is 2.13. The molecule has 1 atom stereocenters. The Kier molecular flexibility index (Phi) is 4.47. The zero-order valence-corrected chi connectivity index (χ0v) is 9.12. The average molecular weight is 194 g/mol. The SMILES string of the molecule is CCC(COC)Oc1ccc(C)cc1. The molecule has 0 spiro atoms. The summed E-state index contributed by atoms with van der Waals surface area (Å²) in [4.78, 5) is 0. The van der Waals surface area contributed by atoms with E-state index in [1.54, 1.807) is 7.11 Å². The van der Waals surface area contributed by atoms with E-state index < -0.39 is 0 Å². The second kappa shape index (κ2) is 5.66. The molecule has 78 valence electrons. The Morgan fingerprint density at radius 2 is 1.86 bits per heavy atom. The molecule has 1 aromatic rings. The fourth-order valence-electron chi connectivity index (χ4n) is 1.23. The van der Waals surface area contributed by atoms with Crippen LogP contribution >= 0.6 is 0 Å². The first-order chi connectivity index (χ1) is 6.76. The molecule has 0 N–H and O–H groups in total. The van der Waals surface area contributed by atoms with Crippen molar-refractivity contribution in [1.82, 2.24) is 0 Å². The maximum Gasteiger partial charge on any atom is 0.122 e. The quantitative estimate of drug-likeness (QED) is 0.717. The number of rotatable bonds is 5. The number of ether oxygens (including phenoxy) is 2. The summed E-state index contributed by atoms with van der Waals surface area (Å²) in [7, 11) is 1.70. The summed E-state index contributed by atoms with van der Waals surface area (Å²) in [5, 5.41) is 0. The molecule has 0 aliphatic carbocycles. The van der Waals surface area contributed by atoms with Crippen molar-refractivity contribution in [3.8, 4) is 5.75 Å². The highest BCUT2D eigenvalue weighted by molar-refractivity contribution is 5.26. The molecule has 0 radical (unpaired) electrons. The highest BCUT2D eigenvalue weighted by Crippen LogP contribution is 2.14. The van der Waals surface area contributed by atoms with Gasteiger partial charge in [-0.25, -0.2) is 0 Å². The van der Waals surface area contributed by atoms with Gasteiger partial charge in [0, 0.05) is 7.11 Å². The van der Waals surface area contributed by atoms with Crippen LogP contribution < -0.4 is 4.74 Å². The summed E-state index contributed by atoms with van der Waals surface area (Å²) in [6.45, 7) is 4.80. The normalized spacial score (nSPS) is 12.5. The molecule has 1 rings (SSSR count). The Morgan fingerprint density at radius 3 is 2.36 bits per heavy atom. The molecule has 0 aliphatic heterocycles. The van der Waals surface area contributed by atoms with Crippen LogP contribution in [-0.2, 0) is 4.74 Å². The number of aryl methyl sites for hydroxylation is 1. The van der Waals surface area contributed by atoms with E-state index in [-0.39, 0.29) is 6.10 Å². The monoisotopic (exact) mass is 194 g/mol. The maximum atomic E-state index is 5.73. The van der Waals surface area contributed by atoms with E-state index in [1.165, 1.54) is 5.56 Å². The van der Waals surface area contributed by atoms with Crippen molar-refractivity contribution in [2.45, 2.75) is 26.4 Å². The van der Waals surface area contributed by atoms with Crippen LogP contribution in [0.3, 0.4) is 0 Å². The van der Waals surface area contributed by atoms with Gasteiger partial charge in [-0.15, -0.1) is 0 Å². The minimum atomic E-state index is 0.155. The van der Waals surface area contributed by atoms with Crippen molar-refractivity contribution in [2.75, 3.05) is 13.7 Å². The molecule has 0 bridgehead atoms. The lowest BCUT2D eigenvalue weighted by atomic mass is 10.2. The lowest BCUT2D eigenvalue weighted by Gasteiger charge is -2.16. The van der Waals surface area contributed by atoms with Crippen LogP contribution in [0.25, 0.3) is 0 Å². The molecule has 1 aromatic carbocycles. The summed E-state index contributed by atoms with van der Waals surface area (Å²) in [6.07, 6.45) is 1.12. The standard InChI is InChI=1S/C12H18O2/c1-4-11(9-13-3)14-12-7-5-10(2)6-8-12/h5-8,11H,4,9H2,1-3H3. The lowest BCUT2D eigenvalue weighted by Crippen LogP contribution is -2.21. The van der Waals surface area contributed by atoms with Crippen LogP contribution in [0.5, 0.6) is 5.75 Å². The molecule has 0 aliphatic rings. The van der Waals surface area contributed by atoms with Gasteiger partial charge in [0.1, 0.15) is 11.9 Å². The van der Waals surface area contributed by atoms with Crippen molar-refractivity contribution in [2.24, 2.45) is 0 Å². The van der Waals surface area contributed by atoms with Gasteiger partial charge in [0.2, 0.25) is 0 Å². The van der Waals surface area contributed by atoms with E-state index in [0.717, 1.165) is 12.2 Å². The third kappa shape index (κ3) is 3.38. The van der Waals surface area contributed by atoms with Gasteiger partial charge >= 0.3 is 0 Å². The number of hydrogen-bond acceptors (Lipinski definition) is 2. The van der Waals surface area contributed by atoms with E-state index in [0.29, 0.717) is 6.61 Å². The summed E-state index contributed by atoms with van der Waals surface area (Å²) in [5.41, 5.74) is 1.25. The maximum absolute atomic E-state index is 5.73. The predicted octanol–water partition coefficient (Wildman–Crippen LogP) is 2.80. The smallest absolute Gasteiger partial charge is 0.122 e. The van der Waals surface area contributed by atoms with E-state index in [9.17, 15) is 0 Å². The van der Waals surface area contributed by atoms with Crippen molar-refractivity contribution >= 4 is 0 Å². The third-order valence-electron chi connectivity index (χ3n) is 2.13. The summed E-state index contributed by atoms with van der Waals surface area (Å²) in [5.74, 6) is 0.916. The van der Waals surface area contributed by atoms with E-state index >= 15 is 0 Å². The van der Waals surface area contributed by atoms with Gasteiger partial charge in [0.25, 0.3) is 0 Å². The van der Waals surface area contributed by atoms with Gasteiger partial charge in [0.05, 0.1) is 6.61 Å². The second-order valence-electron chi connectivity index (χ2n) is 3.42. The first kappa shape index (κ1) is 11.1. The van der Waals surface area contributed by atoms with Crippen LogP contribution in [-0.4, -0.2) is 19.8 Å². The second-order valence-corrected chi connectivity index (χ2v) is 3.42. The Labute approximate surface area is 85.8 Å². The Bertz CT molecular complexity index is 254. The van der Waals surface area contributed by atoms with E-state index in [4.69, 9.17) is 9.47 Å². The molecule has 2 nitrogen and oxygen atoms in total. The highest BCUT2D eigenvalue weighted by Gasteiger charge is 2.06. The van der Waals surface area contributed by atoms with Crippen LogP contribution in [0.2, 0.25) is 0 Å². The van der Waals surface area contributed by atoms with Gasteiger partial charge < -0.3 is 9.47 Å². The minimum Gasteiger partial charge on any atom is -0.488 e. The van der Waals surface area contributed by atoms with Gasteiger partial charge in [-0.2, -0.15) is 0 Å². The zero-order valence-electron chi connectivity index (χ0n) is 9.12. The molecule has 0 aromatic heterocycles. The van der Waals surface area contributed by atoms with Crippen LogP contribution in [0.1, 0.15) is 18.9 Å². The fourth-order valence-corrected chi connectivity index (χ4v) is 1.23. The molecule has 0 heterocycles. The van der Waals surface area contributed by atoms with Gasteiger partial charge in [-0.1, -0.05) is 24.6 Å². The molecular weight excluding hydrogens is 176 g/mol. The van der Waals surface area contributed by atoms with Crippen LogP contribution in [0.15, 0.2) is 24.3 Å². The average Bonchev–Trinajstić information content (AvgIpc) is 2.20. The number of methoxy groups -OCH3 is 1. The van der Waals surface area contributed by atoms with Crippen LogP contribution in [0, 0.1) is 6.92 Å². The minimum absolute atomic E-state index is 0.155. The largest absolute Gasteiger partial charge is 0.488 e. The number of benzene rings is 1. The van der Waals surface area contributed by atoms with Crippen molar-refractivity contribution in [3.05, 3.63) is 29.8 Å². The summed E-state index contributed by atoms with van der Waals surface area (Å²) < 4.78 is 10.8. The first-order valence-electron chi connectivity index (χ1n) is 4.98. The lowest BCUT2D eigenvalue weighted by molar-refractivity contribution is 0.0788. The molecular formula is C12H18O2. The number of hydrogen-bond donors (Lipinski definition) is 0. The molecule has 0 saturated heterocycles. The molecule has 1 unspecified atom stereocenters. The highest BCUT2D eigenvalue weighted by atomic mass is 16.5. The first-order valence-corrected chi connectivity index (χ1v) is 4.98. The van der Waals surface area contributed by atoms with Crippen molar-refractivity contribution < 1.29 is 9.47 Å². The van der Waals surface area contributed by atoms with Gasteiger partial charge in [-0.3, -0.25) is 0 Å². The molecule has 2 heteroatoms. The van der Waals surface area contributed by atoms with Crippen molar-refractivity contribution in [1.29, 1.82) is 0 Å². The molecule has 0 saturated carbocycles.